The summed E-state index contributed by atoms with van der Waals surface area (Å²) in [6.07, 6.45) is 0.127. The van der Waals surface area contributed by atoms with Crippen molar-refractivity contribution < 1.29 is 23.8 Å². The van der Waals surface area contributed by atoms with Crippen LogP contribution in [0.4, 0.5) is 0 Å². The molecule has 0 amide bonds. The maximum Gasteiger partial charge on any atom is 0.338 e. The summed E-state index contributed by atoms with van der Waals surface area (Å²) >= 11 is 0. The highest BCUT2D eigenvalue weighted by Gasteiger charge is 2.60. The van der Waals surface area contributed by atoms with Crippen molar-refractivity contribution in [2.75, 3.05) is 32.8 Å². The van der Waals surface area contributed by atoms with E-state index in [0.29, 0.717) is 24.6 Å². The van der Waals surface area contributed by atoms with Crippen LogP contribution in [-0.4, -0.2) is 60.5 Å². The number of nitrogens with zero attached hydrogens (tertiary/aromatic N) is 1. The smallest absolute Gasteiger partial charge is 0.338 e. The Balaban J connectivity index is 0.00000116. The summed E-state index contributed by atoms with van der Waals surface area (Å²) in [6.45, 7) is 4.66. The van der Waals surface area contributed by atoms with Gasteiger partial charge in [0.1, 0.15) is 18.1 Å². The zero-order chi connectivity index (χ0) is 19.6. The Hall–Kier alpha value is -1.61. The molecule has 4 aliphatic rings. The number of carbonyl (C=O) groups is 1. The Bertz CT molecular complexity index is 983. The average molecular weight is 469 g/mol. The lowest BCUT2D eigenvalue weighted by Crippen LogP contribution is -2.52. The molecule has 3 fully saturated rings. The van der Waals surface area contributed by atoms with Crippen LogP contribution < -0.4 is 5.32 Å². The first-order valence-corrected chi connectivity index (χ1v) is 10.3. The number of hydrogen-bond donors (Lipinski definition) is 2. The van der Waals surface area contributed by atoms with E-state index in [1.165, 1.54) is 0 Å². The first-order valence-electron chi connectivity index (χ1n) is 10.3. The minimum Gasteiger partial charge on any atom is -0.460 e. The molecule has 2 aromatic rings. The molecule has 1 aromatic heterocycles. The van der Waals surface area contributed by atoms with E-state index >= 15 is 0 Å². The lowest BCUT2D eigenvalue weighted by atomic mass is 9.83. The molecule has 4 atom stereocenters. The second-order valence-corrected chi connectivity index (χ2v) is 8.69. The third-order valence-electron chi connectivity index (χ3n) is 7.00. The first-order chi connectivity index (χ1) is 14.1. The van der Waals surface area contributed by atoms with Crippen molar-refractivity contribution in [1.29, 1.82) is 0 Å². The number of hydrogen-bond acceptors (Lipinski definition) is 7. The van der Waals surface area contributed by atoms with Crippen molar-refractivity contribution in [2.24, 2.45) is 11.8 Å². The molecular weight excluding hydrogens is 443 g/mol. The molecule has 1 aromatic carbocycles. The topological polar surface area (TPSA) is 84.2 Å². The van der Waals surface area contributed by atoms with Gasteiger partial charge in [-0.3, -0.25) is 4.90 Å². The molecule has 168 valence electrons. The zero-order valence-electron chi connectivity index (χ0n) is 16.9. The van der Waals surface area contributed by atoms with Crippen LogP contribution in [0.25, 0.3) is 11.3 Å². The Kier molecular flexibility index (Phi) is 6.11. The average Bonchev–Trinajstić information content (AvgIpc) is 3.45. The van der Waals surface area contributed by atoms with Gasteiger partial charge < -0.3 is 24.3 Å². The fourth-order valence-corrected chi connectivity index (χ4v) is 5.62. The highest BCUT2D eigenvalue weighted by Crippen LogP contribution is 2.47. The van der Waals surface area contributed by atoms with E-state index in [-0.39, 0.29) is 55.0 Å². The largest absolute Gasteiger partial charge is 0.460 e. The Labute approximate surface area is 192 Å². The van der Waals surface area contributed by atoms with Gasteiger partial charge >= 0.3 is 5.97 Å². The van der Waals surface area contributed by atoms with Crippen LogP contribution in [0.5, 0.6) is 0 Å². The molecule has 3 saturated heterocycles. The summed E-state index contributed by atoms with van der Waals surface area (Å²) in [5.41, 5.74) is 2.24. The number of aliphatic hydroxyl groups is 1. The van der Waals surface area contributed by atoms with Gasteiger partial charge in [-0.25, -0.2) is 4.79 Å². The third kappa shape index (κ3) is 3.57. The van der Waals surface area contributed by atoms with Crippen LogP contribution in [0.3, 0.4) is 0 Å². The van der Waals surface area contributed by atoms with Gasteiger partial charge in [0.05, 0.1) is 23.8 Å². The van der Waals surface area contributed by atoms with Gasteiger partial charge in [0.15, 0.2) is 0 Å². The molecule has 1 spiro atoms. The number of nitrogens with one attached hydrogen (secondary N) is 1. The number of carbonyl (C=O) groups excluding carboxylic acids is 1. The van der Waals surface area contributed by atoms with Crippen molar-refractivity contribution in [3.63, 3.8) is 0 Å². The minimum absolute atomic E-state index is 0. The second-order valence-electron chi connectivity index (χ2n) is 8.69. The standard InChI is InChI=1S/C22H24N2O5.2ClH/c25-9-17-18-8-24(12-22(18)11-23-6-20(17)29-22)7-15-3-4-19(28-15)13-1-2-14-10-27-21(26)16(14)5-13;;/h1-5,17-18,20,23,25H,6-12H2;2*1H/t17-,18+,20+,22+;;/m0../s1. The van der Waals surface area contributed by atoms with E-state index in [1.54, 1.807) is 0 Å². The van der Waals surface area contributed by atoms with Crippen molar-refractivity contribution in [3.05, 3.63) is 47.2 Å². The number of furan rings is 1. The summed E-state index contributed by atoms with van der Waals surface area (Å²) in [5, 5.41) is 13.4. The lowest BCUT2D eigenvalue weighted by molar-refractivity contribution is -0.0748. The fourth-order valence-electron chi connectivity index (χ4n) is 5.62. The van der Waals surface area contributed by atoms with Gasteiger partial charge in [0.25, 0.3) is 0 Å². The molecular formula is C22H26Cl2N2O5. The zero-order valence-corrected chi connectivity index (χ0v) is 18.5. The normalized spacial score (nSPS) is 30.9. The van der Waals surface area contributed by atoms with E-state index in [4.69, 9.17) is 13.9 Å². The molecule has 5 heterocycles. The van der Waals surface area contributed by atoms with Crippen LogP contribution in [0.2, 0.25) is 0 Å². The van der Waals surface area contributed by atoms with E-state index < -0.39 is 0 Å². The van der Waals surface area contributed by atoms with Crippen LogP contribution in [-0.2, 0) is 22.6 Å². The summed E-state index contributed by atoms with van der Waals surface area (Å²) in [5.74, 6) is 1.93. The maximum absolute atomic E-state index is 11.8. The summed E-state index contributed by atoms with van der Waals surface area (Å²) < 4.78 is 17.6. The van der Waals surface area contributed by atoms with Gasteiger partial charge in [0, 0.05) is 55.7 Å². The Morgan fingerprint density at radius 2 is 2.10 bits per heavy atom. The van der Waals surface area contributed by atoms with Gasteiger partial charge in [-0.1, -0.05) is 12.1 Å². The Morgan fingerprint density at radius 1 is 1.23 bits per heavy atom. The molecule has 0 radical (unpaired) electrons. The molecule has 2 N–H and O–H groups in total. The quantitative estimate of drug-likeness (QED) is 0.665. The molecule has 6 rings (SSSR count). The SMILES string of the molecule is Cl.Cl.O=C1OCc2ccc(-c3ccc(CN4C[C@@H]5[C@H](CO)[C@H]6CNC[C@]5(C4)O6)o3)cc21. The molecule has 4 aliphatic heterocycles. The predicted molar refractivity (Wildman–Crippen MR) is 118 cm³/mol. The predicted octanol–water partition coefficient (Wildman–Crippen LogP) is 2.24. The molecule has 2 bridgehead atoms. The van der Waals surface area contributed by atoms with E-state index in [2.05, 4.69) is 10.2 Å². The van der Waals surface area contributed by atoms with Crippen LogP contribution in [0.15, 0.2) is 34.7 Å². The second kappa shape index (κ2) is 8.39. The molecule has 31 heavy (non-hydrogen) atoms. The highest BCUT2D eigenvalue weighted by molar-refractivity contribution is 5.94. The number of cyclic esters (lactones) is 1. The number of likely N-dealkylation sites (tertiary alicyclic amines) is 1. The number of benzene rings is 1. The minimum atomic E-state index is -0.269. The fraction of sp³-hybridized carbons (Fsp3) is 0.500. The number of halogens is 2. The van der Waals surface area contributed by atoms with Gasteiger partial charge in [0.2, 0.25) is 0 Å². The number of rotatable bonds is 4. The van der Waals surface area contributed by atoms with Gasteiger partial charge in [-0.15, -0.1) is 24.8 Å². The number of fused-ring (bicyclic) bond motifs is 2. The first kappa shape index (κ1) is 22.6. The van der Waals surface area contributed by atoms with Crippen molar-refractivity contribution in [2.45, 2.75) is 24.9 Å². The van der Waals surface area contributed by atoms with Crippen LogP contribution in [0, 0.1) is 11.8 Å². The van der Waals surface area contributed by atoms with E-state index in [0.717, 1.165) is 48.8 Å². The summed E-state index contributed by atoms with van der Waals surface area (Å²) in [4.78, 5) is 14.2. The van der Waals surface area contributed by atoms with Crippen LogP contribution >= 0.6 is 24.8 Å². The Morgan fingerprint density at radius 3 is 2.94 bits per heavy atom. The number of esters is 1. The summed E-state index contributed by atoms with van der Waals surface area (Å²) in [7, 11) is 0. The maximum atomic E-state index is 11.8. The molecule has 0 aliphatic carbocycles. The van der Waals surface area contributed by atoms with E-state index in [9.17, 15) is 9.90 Å². The van der Waals surface area contributed by atoms with Gasteiger partial charge in [-0.05, 0) is 18.2 Å². The number of aliphatic hydroxyl groups excluding tert-OH is 1. The summed E-state index contributed by atoms with van der Waals surface area (Å²) in [6, 6.07) is 9.70. The molecule has 0 unspecified atom stereocenters. The monoisotopic (exact) mass is 468 g/mol. The molecule has 9 heteroatoms. The van der Waals surface area contributed by atoms with Crippen LogP contribution in [0.1, 0.15) is 21.7 Å². The lowest BCUT2D eigenvalue weighted by Gasteiger charge is -2.34. The van der Waals surface area contributed by atoms with Crippen molar-refractivity contribution in [1.82, 2.24) is 10.2 Å². The van der Waals surface area contributed by atoms with Crippen molar-refractivity contribution in [3.8, 4) is 11.3 Å². The third-order valence-corrected chi connectivity index (χ3v) is 7.00. The van der Waals surface area contributed by atoms with Gasteiger partial charge in [-0.2, -0.15) is 0 Å². The highest BCUT2D eigenvalue weighted by atomic mass is 35.5. The number of morpholine rings is 1. The number of ether oxygens (including phenoxy) is 2. The van der Waals surface area contributed by atoms with Crippen molar-refractivity contribution >= 4 is 30.8 Å². The van der Waals surface area contributed by atoms with E-state index in [1.807, 2.05) is 30.3 Å². The molecule has 0 saturated carbocycles. The molecule has 7 nitrogen and oxygen atoms in total.